The van der Waals surface area contributed by atoms with Crippen LogP contribution in [0.15, 0.2) is 61.3 Å². The van der Waals surface area contributed by atoms with Crippen molar-refractivity contribution in [1.29, 1.82) is 0 Å². The van der Waals surface area contributed by atoms with Crippen LogP contribution in [0.3, 0.4) is 0 Å². The zero-order chi connectivity index (χ0) is 21.8. The molecule has 2 N–H and O–H groups in total. The van der Waals surface area contributed by atoms with E-state index in [1.807, 2.05) is 38.2 Å². The first-order chi connectivity index (χ1) is 15.0. The Morgan fingerprint density at radius 3 is 2.68 bits per heavy atom. The number of nitrogens with one attached hydrogen (secondary N) is 2. The second kappa shape index (κ2) is 8.70. The van der Waals surface area contributed by atoms with E-state index >= 15 is 0 Å². The van der Waals surface area contributed by atoms with Gasteiger partial charge in [0.2, 0.25) is 0 Å². The van der Waals surface area contributed by atoms with Crippen LogP contribution in [-0.2, 0) is 6.54 Å². The molecule has 0 saturated carbocycles. The fourth-order valence-electron chi connectivity index (χ4n) is 2.99. The Labute approximate surface area is 178 Å². The van der Waals surface area contributed by atoms with Gasteiger partial charge in [-0.25, -0.2) is 19.6 Å². The minimum absolute atomic E-state index is 0.0154. The highest BCUT2D eigenvalue weighted by atomic mass is 16.2. The van der Waals surface area contributed by atoms with Gasteiger partial charge in [0.1, 0.15) is 17.7 Å². The fourth-order valence-corrected chi connectivity index (χ4v) is 2.99. The fraction of sp³-hybridized carbons (Fsp3) is 0.182. The number of carbonyl (C=O) groups excluding carboxylic acids is 2. The molecule has 0 aliphatic carbocycles. The van der Waals surface area contributed by atoms with Gasteiger partial charge < -0.3 is 10.6 Å². The van der Waals surface area contributed by atoms with Gasteiger partial charge in [-0.1, -0.05) is 6.07 Å². The lowest BCUT2D eigenvalue weighted by Gasteiger charge is -2.08. The molecule has 0 unspecified atom stereocenters. The van der Waals surface area contributed by atoms with Crippen LogP contribution in [0.1, 0.15) is 40.4 Å². The summed E-state index contributed by atoms with van der Waals surface area (Å²) in [6, 6.07) is 10.6. The van der Waals surface area contributed by atoms with Crippen molar-refractivity contribution >= 4 is 22.7 Å². The Morgan fingerprint density at radius 2 is 1.87 bits per heavy atom. The summed E-state index contributed by atoms with van der Waals surface area (Å²) in [4.78, 5) is 37.0. The second-order valence-corrected chi connectivity index (χ2v) is 7.28. The van der Waals surface area contributed by atoms with Crippen molar-refractivity contribution in [2.75, 3.05) is 0 Å². The number of rotatable bonds is 6. The number of benzene rings is 1. The van der Waals surface area contributed by atoms with Crippen LogP contribution >= 0.6 is 0 Å². The standard InChI is InChI=1S/C22H21N7O2/c1-14(2)27-22(31)19-5-3-4-18(28-19)21(30)24-9-15-10-26-29(12-15)17-7-6-16-11-23-13-25-20(16)8-17/h3-8,10-14H,9H2,1-2H3,(H,24,30)(H,27,31). The van der Waals surface area contributed by atoms with E-state index in [2.05, 4.69) is 30.7 Å². The minimum Gasteiger partial charge on any atom is -0.349 e. The van der Waals surface area contributed by atoms with E-state index in [0.717, 1.165) is 22.2 Å². The van der Waals surface area contributed by atoms with E-state index < -0.39 is 0 Å². The molecule has 3 heterocycles. The van der Waals surface area contributed by atoms with Gasteiger partial charge in [-0.3, -0.25) is 9.59 Å². The summed E-state index contributed by atoms with van der Waals surface area (Å²) < 4.78 is 1.72. The van der Waals surface area contributed by atoms with Crippen molar-refractivity contribution in [3.63, 3.8) is 0 Å². The molecular formula is C22H21N7O2. The highest BCUT2D eigenvalue weighted by molar-refractivity contribution is 5.96. The Bertz CT molecular complexity index is 1250. The largest absolute Gasteiger partial charge is 0.349 e. The maximum atomic E-state index is 12.5. The van der Waals surface area contributed by atoms with Crippen molar-refractivity contribution in [2.45, 2.75) is 26.4 Å². The molecule has 0 spiro atoms. The lowest BCUT2D eigenvalue weighted by Crippen LogP contribution is -2.31. The van der Waals surface area contributed by atoms with Gasteiger partial charge >= 0.3 is 0 Å². The van der Waals surface area contributed by atoms with Crippen molar-refractivity contribution < 1.29 is 9.59 Å². The summed E-state index contributed by atoms with van der Waals surface area (Å²) in [6.45, 7) is 4.00. The summed E-state index contributed by atoms with van der Waals surface area (Å²) in [5.74, 6) is -0.680. The number of hydrogen-bond acceptors (Lipinski definition) is 6. The molecule has 0 fully saturated rings. The van der Waals surface area contributed by atoms with E-state index in [-0.39, 0.29) is 35.8 Å². The second-order valence-electron chi connectivity index (χ2n) is 7.28. The highest BCUT2D eigenvalue weighted by Gasteiger charge is 2.13. The number of pyridine rings is 1. The molecule has 9 nitrogen and oxygen atoms in total. The molecule has 1 aromatic carbocycles. The molecule has 31 heavy (non-hydrogen) atoms. The number of carbonyl (C=O) groups is 2. The van der Waals surface area contributed by atoms with Gasteiger partial charge in [-0.15, -0.1) is 0 Å². The molecule has 156 valence electrons. The maximum Gasteiger partial charge on any atom is 0.270 e. The molecule has 9 heteroatoms. The van der Waals surface area contributed by atoms with Crippen LogP contribution in [0.5, 0.6) is 0 Å². The van der Waals surface area contributed by atoms with Gasteiger partial charge in [0.15, 0.2) is 0 Å². The number of aromatic nitrogens is 5. The molecular weight excluding hydrogens is 394 g/mol. The summed E-state index contributed by atoms with van der Waals surface area (Å²) in [5.41, 5.74) is 2.89. The highest BCUT2D eigenvalue weighted by Crippen LogP contribution is 2.15. The molecule has 4 rings (SSSR count). The molecule has 0 aliphatic rings. The van der Waals surface area contributed by atoms with E-state index in [4.69, 9.17) is 0 Å². The Balaban J connectivity index is 1.42. The first-order valence-electron chi connectivity index (χ1n) is 9.79. The Hall–Kier alpha value is -4.14. The van der Waals surface area contributed by atoms with E-state index in [9.17, 15) is 9.59 Å². The lowest BCUT2D eigenvalue weighted by atomic mass is 10.2. The molecule has 2 amide bonds. The zero-order valence-electron chi connectivity index (χ0n) is 17.1. The van der Waals surface area contributed by atoms with Crippen molar-refractivity contribution in [3.05, 3.63) is 78.3 Å². The number of amides is 2. The van der Waals surface area contributed by atoms with Crippen molar-refractivity contribution in [1.82, 2.24) is 35.4 Å². The normalized spacial score (nSPS) is 10.9. The Morgan fingerprint density at radius 1 is 1.06 bits per heavy atom. The van der Waals surface area contributed by atoms with Crippen LogP contribution in [-0.4, -0.2) is 42.6 Å². The third kappa shape index (κ3) is 4.72. The third-order valence-electron chi connectivity index (χ3n) is 4.48. The monoisotopic (exact) mass is 415 g/mol. The molecule has 0 saturated heterocycles. The molecule has 0 aliphatic heterocycles. The average molecular weight is 415 g/mol. The number of nitrogens with zero attached hydrogens (tertiary/aromatic N) is 5. The number of fused-ring (bicyclic) bond motifs is 1. The van der Waals surface area contributed by atoms with Crippen molar-refractivity contribution in [3.8, 4) is 5.69 Å². The minimum atomic E-state index is -0.366. The average Bonchev–Trinajstić information content (AvgIpc) is 3.26. The zero-order valence-corrected chi connectivity index (χ0v) is 17.1. The topological polar surface area (TPSA) is 115 Å². The van der Waals surface area contributed by atoms with Gasteiger partial charge in [0.05, 0.1) is 17.4 Å². The van der Waals surface area contributed by atoms with Crippen molar-refractivity contribution in [2.24, 2.45) is 0 Å². The van der Waals surface area contributed by atoms with E-state index in [0.29, 0.717) is 0 Å². The van der Waals surface area contributed by atoms with Crippen LogP contribution in [0.4, 0.5) is 0 Å². The summed E-state index contributed by atoms with van der Waals surface area (Å²) in [6.07, 6.45) is 6.78. The smallest absolute Gasteiger partial charge is 0.270 e. The molecule has 0 bridgehead atoms. The summed E-state index contributed by atoms with van der Waals surface area (Å²) in [7, 11) is 0. The van der Waals surface area contributed by atoms with E-state index in [1.165, 1.54) is 6.33 Å². The van der Waals surface area contributed by atoms with Gasteiger partial charge in [0, 0.05) is 35.9 Å². The first kappa shape index (κ1) is 20.1. The van der Waals surface area contributed by atoms with Crippen LogP contribution < -0.4 is 10.6 Å². The lowest BCUT2D eigenvalue weighted by molar-refractivity contribution is 0.0936. The predicted octanol–water partition coefficient (Wildman–Crippen LogP) is 2.28. The quantitative estimate of drug-likeness (QED) is 0.499. The molecule has 3 aromatic heterocycles. The van der Waals surface area contributed by atoms with Gasteiger partial charge in [-0.2, -0.15) is 5.10 Å². The van der Waals surface area contributed by atoms with Crippen LogP contribution in [0.25, 0.3) is 16.6 Å². The Kier molecular flexibility index (Phi) is 5.65. The molecule has 0 atom stereocenters. The van der Waals surface area contributed by atoms with Gasteiger partial charge in [-0.05, 0) is 44.2 Å². The van der Waals surface area contributed by atoms with Crippen LogP contribution in [0.2, 0.25) is 0 Å². The first-order valence-corrected chi connectivity index (χ1v) is 9.79. The molecule has 4 aromatic rings. The molecule has 0 radical (unpaired) electrons. The van der Waals surface area contributed by atoms with Gasteiger partial charge in [0.25, 0.3) is 11.8 Å². The number of hydrogen-bond donors (Lipinski definition) is 2. The SMILES string of the molecule is CC(C)NC(=O)c1cccc(C(=O)NCc2cnn(-c3ccc4cncnc4c3)c2)n1. The third-order valence-corrected chi connectivity index (χ3v) is 4.48. The summed E-state index contributed by atoms with van der Waals surface area (Å²) in [5, 5.41) is 10.9. The van der Waals surface area contributed by atoms with Crippen LogP contribution in [0, 0.1) is 0 Å². The van der Waals surface area contributed by atoms with E-state index in [1.54, 1.807) is 35.3 Å². The maximum absolute atomic E-state index is 12.5. The summed E-state index contributed by atoms with van der Waals surface area (Å²) >= 11 is 0. The predicted molar refractivity (Wildman–Crippen MR) is 115 cm³/mol.